The normalized spacial score (nSPS) is 20.0. The molecule has 1 saturated heterocycles. The zero-order chi connectivity index (χ0) is 18.7. The van der Waals surface area contributed by atoms with E-state index in [1.165, 1.54) is 0 Å². The number of carbonyl (C=O) groups is 2. The van der Waals surface area contributed by atoms with Crippen molar-refractivity contribution in [2.75, 3.05) is 6.54 Å². The lowest BCUT2D eigenvalue weighted by molar-refractivity contribution is -0.137. The Morgan fingerprint density at radius 3 is 2.88 bits per heavy atom. The van der Waals surface area contributed by atoms with Crippen molar-refractivity contribution in [2.45, 2.75) is 64.5 Å². The summed E-state index contributed by atoms with van der Waals surface area (Å²) in [4.78, 5) is 24.3. The second-order valence-corrected chi connectivity index (χ2v) is 6.39. The van der Waals surface area contributed by atoms with Crippen LogP contribution < -0.4 is 0 Å². The number of likely N-dealkylation sites (tertiary alicyclic amines) is 1. The first-order valence-electron chi connectivity index (χ1n) is 8.88. The van der Waals surface area contributed by atoms with Gasteiger partial charge in [0.2, 0.25) is 5.91 Å². The first-order valence-corrected chi connectivity index (χ1v) is 8.88. The smallest absolute Gasteiger partial charge is 0.303 e. The third-order valence-corrected chi connectivity index (χ3v) is 4.32. The summed E-state index contributed by atoms with van der Waals surface area (Å²) in [5, 5.41) is 18.7. The lowest BCUT2D eigenvalue weighted by Crippen LogP contribution is -2.32. The molecule has 1 aliphatic rings. The standard InChI is InChI=1S/C20H29NO4/c1-3-4-9-16(2)18(22)13-11-17-12-14-19(23)21(17)15-8-6-5-7-10-20(24)25/h6,8,11,13,16-18,22H,5,7,9-10,12,14-15H2,1-2H3,(H,24,25)/t16-,17-,18+/m0/s1. The average molecular weight is 347 g/mol. The first kappa shape index (κ1) is 21.0. The van der Waals surface area contributed by atoms with Gasteiger partial charge in [-0.15, -0.1) is 11.8 Å². The summed E-state index contributed by atoms with van der Waals surface area (Å²) in [6.45, 7) is 4.26. The minimum atomic E-state index is -0.786. The third kappa shape index (κ3) is 8.04. The van der Waals surface area contributed by atoms with Crippen LogP contribution in [0.5, 0.6) is 0 Å². The van der Waals surface area contributed by atoms with E-state index in [0.29, 0.717) is 32.2 Å². The second-order valence-electron chi connectivity index (χ2n) is 6.39. The predicted octanol–water partition coefficient (Wildman–Crippen LogP) is 2.76. The number of aliphatic hydroxyl groups excluding tert-OH is 1. The van der Waals surface area contributed by atoms with Crippen LogP contribution in [-0.2, 0) is 9.59 Å². The van der Waals surface area contributed by atoms with Gasteiger partial charge in [-0.05, 0) is 32.1 Å². The van der Waals surface area contributed by atoms with Crippen LogP contribution in [0.15, 0.2) is 24.3 Å². The minimum absolute atomic E-state index is 0.00952. The van der Waals surface area contributed by atoms with E-state index in [9.17, 15) is 14.7 Å². The average Bonchev–Trinajstić information content (AvgIpc) is 2.93. The van der Waals surface area contributed by atoms with Crippen molar-refractivity contribution in [1.82, 2.24) is 4.90 Å². The van der Waals surface area contributed by atoms with E-state index in [2.05, 4.69) is 11.8 Å². The van der Waals surface area contributed by atoms with E-state index in [1.54, 1.807) is 17.9 Å². The summed E-state index contributed by atoms with van der Waals surface area (Å²) in [6, 6.07) is 0.00952. The zero-order valence-corrected chi connectivity index (χ0v) is 15.1. The molecule has 1 fully saturated rings. The molecule has 5 nitrogen and oxygen atoms in total. The molecule has 1 heterocycles. The first-order chi connectivity index (χ1) is 12.0. The highest BCUT2D eigenvalue weighted by molar-refractivity contribution is 5.79. The van der Waals surface area contributed by atoms with Crippen LogP contribution >= 0.6 is 0 Å². The van der Waals surface area contributed by atoms with Crippen LogP contribution in [0, 0.1) is 17.8 Å². The molecule has 0 saturated carbocycles. The molecule has 0 aromatic carbocycles. The van der Waals surface area contributed by atoms with Crippen LogP contribution in [0.2, 0.25) is 0 Å². The van der Waals surface area contributed by atoms with Gasteiger partial charge in [-0.2, -0.15) is 0 Å². The van der Waals surface area contributed by atoms with E-state index in [0.717, 1.165) is 6.42 Å². The van der Waals surface area contributed by atoms with Crippen molar-refractivity contribution >= 4 is 11.9 Å². The highest BCUT2D eigenvalue weighted by Crippen LogP contribution is 2.20. The van der Waals surface area contributed by atoms with E-state index in [1.807, 2.05) is 25.2 Å². The summed E-state index contributed by atoms with van der Waals surface area (Å²) in [5.41, 5.74) is 0. The van der Waals surface area contributed by atoms with Gasteiger partial charge < -0.3 is 15.1 Å². The molecule has 1 amide bonds. The van der Waals surface area contributed by atoms with E-state index >= 15 is 0 Å². The number of carbonyl (C=O) groups excluding carboxylic acids is 1. The van der Waals surface area contributed by atoms with Crippen LogP contribution in [0.25, 0.3) is 0 Å². The Balaban J connectivity index is 2.48. The molecular weight excluding hydrogens is 318 g/mol. The van der Waals surface area contributed by atoms with Gasteiger partial charge in [-0.1, -0.05) is 31.2 Å². The molecule has 0 radical (unpaired) electrons. The van der Waals surface area contributed by atoms with Crippen LogP contribution in [0.3, 0.4) is 0 Å². The number of unbranched alkanes of at least 4 members (excludes halogenated alkanes) is 1. The lowest BCUT2D eigenvalue weighted by atomic mass is 10.00. The maximum absolute atomic E-state index is 12.0. The number of carboxylic acid groups (broad SMARTS) is 1. The number of nitrogens with zero attached hydrogens (tertiary/aromatic N) is 1. The number of hydrogen-bond donors (Lipinski definition) is 2. The zero-order valence-electron chi connectivity index (χ0n) is 15.1. The molecule has 25 heavy (non-hydrogen) atoms. The fourth-order valence-corrected chi connectivity index (χ4v) is 2.69. The lowest BCUT2D eigenvalue weighted by Gasteiger charge is -2.21. The number of amides is 1. The fourth-order valence-electron chi connectivity index (χ4n) is 2.69. The topological polar surface area (TPSA) is 77.8 Å². The molecule has 0 unspecified atom stereocenters. The van der Waals surface area contributed by atoms with Crippen molar-refractivity contribution in [3.05, 3.63) is 24.3 Å². The summed E-state index contributed by atoms with van der Waals surface area (Å²) < 4.78 is 0. The maximum Gasteiger partial charge on any atom is 0.303 e. The van der Waals surface area contributed by atoms with Gasteiger partial charge in [0.05, 0.1) is 12.1 Å². The van der Waals surface area contributed by atoms with Gasteiger partial charge in [0.1, 0.15) is 0 Å². The number of rotatable bonds is 10. The molecule has 138 valence electrons. The molecule has 2 N–H and O–H groups in total. The van der Waals surface area contributed by atoms with Gasteiger partial charge in [0.15, 0.2) is 0 Å². The van der Waals surface area contributed by atoms with Crippen LogP contribution in [-0.4, -0.2) is 45.7 Å². The van der Waals surface area contributed by atoms with Gasteiger partial charge in [-0.3, -0.25) is 9.59 Å². The molecule has 1 aliphatic heterocycles. The van der Waals surface area contributed by atoms with E-state index in [-0.39, 0.29) is 24.3 Å². The Morgan fingerprint density at radius 1 is 1.44 bits per heavy atom. The third-order valence-electron chi connectivity index (χ3n) is 4.32. The molecule has 5 heteroatoms. The van der Waals surface area contributed by atoms with Crippen molar-refractivity contribution in [3.63, 3.8) is 0 Å². The molecule has 0 aromatic rings. The minimum Gasteiger partial charge on any atom is -0.481 e. The van der Waals surface area contributed by atoms with E-state index in [4.69, 9.17) is 5.11 Å². The molecule has 3 atom stereocenters. The summed E-state index contributed by atoms with van der Waals surface area (Å²) in [5.74, 6) is 5.19. The van der Waals surface area contributed by atoms with Crippen molar-refractivity contribution in [2.24, 2.45) is 5.92 Å². The fraction of sp³-hybridized carbons (Fsp3) is 0.600. The largest absolute Gasteiger partial charge is 0.481 e. The number of hydrogen-bond acceptors (Lipinski definition) is 3. The Hall–Kier alpha value is -2.06. The highest BCUT2D eigenvalue weighted by atomic mass is 16.4. The molecule has 0 aliphatic carbocycles. The molecule has 1 rings (SSSR count). The number of aliphatic carboxylic acids is 1. The van der Waals surface area contributed by atoms with Gasteiger partial charge >= 0.3 is 5.97 Å². The molecule has 0 spiro atoms. The Bertz CT molecular complexity index is 556. The van der Waals surface area contributed by atoms with Crippen LogP contribution in [0.1, 0.15) is 52.4 Å². The summed E-state index contributed by atoms with van der Waals surface area (Å²) in [7, 11) is 0. The molecule has 0 aromatic heterocycles. The van der Waals surface area contributed by atoms with Gasteiger partial charge in [-0.25, -0.2) is 0 Å². The monoisotopic (exact) mass is 347 g/mol. The maximum atomic E-state index is 12.0. The quantitative estimate of drug-likeness (QED) is 0.362. The van der Waals surface area contributed by atoms with Gasteiger partial charge in [0, 0.05) is 25.8 Å². The van der Waals surface area contributed by atoms with Crippen LogP contribution in [0.4, 0.5) is 0 Å². The molecular formula is C20H29NO4. The molecule has 0 bridgehead atoms. The predicted molar refractivity (Wildman–Crippen MR) is 97.7 cm³/mol. The van der Waals surface area contributed by atoms with E-state index < -0.39 is 12.1 Å². The van der Waals surface area contributed by atoms with Crippen molar-refractivity contribution in [1.29, 1.82) is 0 Å². The van der Waals surface area contributed by atoms with Crippen molar-refractivity contribution in [3.8, 4) is 11.8 Å². The van der Waals surface area contributed by atoms with Crippen molar-refractivity contribution < 1.29 is 19.8 Å². The number of allylic oxidation sites excluding steroid dienone is 1. The Kier molecular flexibility index (Phi) is 9.64. The highest BCUT2D eigenvalue weighted by Gasteiger charge is 2.28. The Morgan fingerprint density at radius 2 is 2.20 bits per heavy atom. The Labute approximate surface area is 150 Å². The second kappa shape index (κ2) is 11.5. The number of aliphatic hydroxyl groups is 1. The summed E-state index contributed by atoms with van der Waals surface area (Å²) >= 11 is 0. The SMILES string of the molecule is CC#CC[C@H](C)[C@H](O)C=C[C@H]1CCC(=O)N1CC=CCCCC(=O)O. The summed E-state index contributed by atoms with van der Waals surface area (Å²) in [6.07, 6.45) is 10.4. The van der Waals surface area contributed by atoms with Gasteiger partial charge in [0.25, 0.3) is 0 Å². The number of carboxylic acids is 1.